The van der Waals surface area contributed by atoms with Crippen molar-refractivity contribution in [2.45, 2.75) is 57.6 Å². The number of rotatable bonds is 5. The van der Waals surface area contributed by atoms with E-state index in [0.29, 0.717) is 13.0 Å². The molecule has 2 aromatic carbocycles. The lowest BCUT2D eigenvalue weighted by atomic mass is 9.97. The Morgan fingerprint density at radius 1 is 1.00 bits per heavy atom. The molecule has 2 aromatic rings. The maximum Gasteiger partial charge on any atom is 0.306 e. The minimum atomic E-state index is -2.59. The number of esters is 1. The van der Waals surface area contributed by atoms with Crippen molar-refractivity contribution in [3.63, 3.8) is 0 Å². The predicted octanol–water partition coefficient (Wildman–Crippen LogP) is 4.05. The van der Waals surface area contributed by atoms with Crippen LogP contribution in [0.3, 0.4) is 0 Å². The summed E-state index contributed by atoms with van der Waals surface area (Å²) in [5, 5.41) is 2.41. The second kappa shape index (κ2) is 7.61. The lowest BCUT2D eigenvalue weighted by Crippen LogP contribution is -2.67. The second-order valence-corrected chi connectivity index (χ2v) is 13.0. The monoisotopic (exact) mass is 382 g/mol. The molecule has 0 amide bonds. The molecule has 1 aliphatic rings. The Balaban J connectivity index is 2.05. The van der Waals surface area contributed by atoms with Crippen molar-refractivity contribution in [3.05, 3.63) is 60.7 Å². The first-order chi connectivity index (χ1) is 12.8. The summed E-state index contributed by atoms with van der Waals surface area (Å²) < 4.78 is 12.6. The van der Waals surface area contributed by atoms with E-state index in [9.17, 15) is 4.79 Å². The first-order valence-corrected chi connectivity index (χ1v) is 11.6. The highest BCUT2D eigenvalue weighted by atomic mass is 28.4. The molecule has 0 bridgehead atoms. The third-order valence-corrected chi connectivity index (χ3v) is 10.4. The fraction of sp³-hybridized carbons (Fsp3) is 0.435. The van der Waals surface area contributed by atoms with Crippen molar-refractivity contribution in [1.29, 1.82) is 0 Å². The zero-order valence-electron chi connectivity index (χ0n) is 16.8. The third-order valence-electron chi connectivity index (χ3n) is 5.46. The topological polar surface area (TPSA) is 35.5 Å². The summed E-state index contributed by atoms with van der Waals surface area (Å²) in [7, 11) is -2.59. The molecule has 0 radical (unpaired) electrons. The van der Waals surface area contributed by atoms with Gasteiger partial charge in [-0.25, -0.2) is 0 Å². The zero-order chi connectivity index (χ0) is 19.5. The average Bonchev–Trinajstić information content (AvgIpc) is 2.63. The molecule has 3 nitrogen and oxygen atoms in total. The average molecular weight is 383 g/mol. The molecule has 0 N–H and O–H groups in total. The van der Waals surface area contributed by atoms with E-state index >= 15 is 0 Å². The minimum Gasteiger partial charge on any atom is -0.457 e. The Morgan fingerprint density at radius 2 is 1.52 bits per heavy atom. The number of cyclic esters (lactones) is 1. The smallest absolute Gasteiger partial charge is 0.306 e. The van der Waals surface area contributed by atoms with E-state index in [1.54, 1.807) is 0 Å². The number of hydrogen-bond donors (Lipinski definition) is 0. The van der Waals surface area contributed by atoms with Crippen molar-refractivity contribution in [2.24, 2.45) is 0 Å². The summed E-state index contributed by atoms with van der Waals surface area (Å²) >= 11 is 0. The molecule has 144 valence electrons. The predicted molar refractivity (Wildman–Crippen MR) is 112 cm³/mol. The molecule has 1 atom stereocenters. The molecule has 1 saturated heterocycles. The van der Waals surface area contributed by atoms with Gasteiger partial charge in [-0.3, -0.25) is 4.79 Å². The number of benzene rings is 2. The van der Waals surface area contributed by atoms with E-state index in [1.807, 2.05) is 19.1 Å². The van der Waals surface area contributed by atoms with Crippen molar-refractivity contribution >= 4 is 24.7 Å². The molecule has 1 heterocycles. The van der Waals surface area contributed by atoms with Gasteiger partial charge >= 0.3 is 5.97 Å². The van der Waals surface area contributed by atoms with Crippen LogP contribution in [-0.2, 0) is 14.0 Å². The second-order valence-electron chi connectivity index (χ2n) is 8.73. The lowest BCUT2D eigenvalue weighted by molar-refractivity contribution is -0.168. The maximum atomic E-state index is 11.9. The molecule has 27 heavy (non-hydrogen) atoms. The molecule has 3 rings (SSSR count). The summed E-state index contributed by atoms with van der Waals surface area (Å²) in [4.78, 5) is 11.9. The molecular weight excluding hydrogens is 352 g/mol. The Kier molecular flexibility index (Phi) is 5.59. The van der Waals surface area contributed by atoms with E-state index < -0.39 is 13.9 Å². The first kappa shape index (κ1) is 19.8. The fourth-order valence-electron chi connectivity index (χ4n) is 4.11. The quantitative estimate of drug-likeness (QED) is 0.578. The van der Waals surface area contributed by atoms with Gasteiger partial charge in [0.2, 0.25) is 0 Å². The van der Waals surface area contributed by atoms with Crippen molar-refractivity contribution < 1.29 is 14.0 Å². The highest BCUT2D eigenvalue weighted by molar-refractivity contribution is 6.99. The lowest BCUT2D eigenvalue weighted by Gasteiger charge is -2.45. The van der Waals surface area contributed by atoms with E-state index in [4.69, 9.17) is 9.16 Å². The molecule has 1 aliphatic heterocycles. The fourth-order valence-corrected chi connectivity index (χ4v) is 8.78. The molecule has 0 saturated carbocycles. The summed E-state index contributed by atoms with van der Waals surface area (Å²) in [6, 6.07) is 21.1. The summed E-state index contributed by atoms with van der Waals surface area (Å²) in [5.41, 5.74) is -0.553. The zero-order valence-corrected chi connectivity index (χ0v) is 17.8. The Hall–Kier alpha value is -1.91. The Bertz CT molecular complexity index is 728. The molecule has 0 aliphatic carbocycles. The minimum absolute atomic E-state index is 0.0786. The van der Waals surface area contributed by atoms with Crippen LogP contribution >= 0.6 is 0 Å². The standard InChI is InChI=1S/C23H30O3Si/c1-22(2,3)27(19-12-7-5-8-13-19,20-14-9-6-10-15-20)25-18-23(4)17-11-16-21(24)26-23/h5-10,12-15H,11,16-18H2,1-4H3. The highest BCUT2D eigenvalue weighted by Crippen LogP contribution is 2.38. The van der Waals surface area contributed by atoms with Gasteiger partial charge in [-0.2, -0.15) is 0 Å². The highest BCUT2D eigenvalue weighted by Gasteiger charge is 2.51. The molecule has 4 heteroatoms. The molecule has 0 aromatic heterocycles. The Morgan fingerprint density at radius 3 is 1.96 bits per heavy atom. The van der Waals surface area contributed by atoms with E-state index in [2.05, 4.69) is 69.3 Å². The van der Waals surface area contributed by atoms with Crippen molar-refractivity contribution in [3.8, 4) is 0 Å². The van der Waals surface area contributed by atoms with Gasteiger partial charge in [-0.05, 0) is 35.2 Å². The van der Waals surface area contributed by atoms with Crippen LogP contribution in [0, 0.1) is 0 Å². The number of carbonyl (C=O) groups is 1. The normalized spacial score (nSPS) is 21.0. The van der Waals surface area contributed by atoms with Gasteiger partial charge in [0.25, 0.3) is 8.32 Å². The van der Waals surface area contributed by atoms with E-state index in [1.165, 1.54) is 10.4 Å². The van der Waals surface area contributed by atoms with Crippen LogP contribution in [0.25, 0.3) is 0 Å². The van der Waals surface area contributed by atoms with Crippen LogP contribution in [0.5, 0.6) is 0 Å². The first-order valence-electron chi connectivity index (χ1n) is 9.74. The van der Waals surface area contributed by atoms with Gasteiger partial charge < -0.3 is 9.16 Å². The van der Waals surface area contributed by atoms with Gasteiger partial charge in [0.15, 0.2) is 0 Å². The van der Waals surface area contributed by atoms with Crippen LogP contribution in [0.2, 0.25) is 5.04 Å². The van der Waals surface area contributed by atoms with Crippen LogP contribution in [0.4, 0.5) is 0 Å². The number of ether oxygens (including phenoxy) is 1. The number of carbonyl (C=O) groups excluding carboxylic acids is 1. The van der Waals surface area contributed by atoms with Crippen LogP contribution in [0.15, 0.2) is 60.7 Å². The molecular formula is C23H30O3Si. The summed E-state index contributed by atoms with van der Waals surface area (Å²) in [6.07, 6.45) is 2.21. The number of hydrogen-bond acceptors (Lipinski definition) is 3. The van der Waals surface area contributed by atoms with Gasteiger partial charge in [0, 0.05) is 6.42 Å². The van der Waals surface area contributed by atoms with Crippen LogP contribution in [0.1, 0.15) is 47.0 Å². The SMILES string of the molecule is CC1(CO[Si](c2ccccc2)(c2ccccc2)C(C)(C)C)CCCC(=O)O1. The summed E-state index contributed by atoms with van der Waals surface area (Å²) in [6.45, 7) is 9.20. The van der Waals surface area contributed by atoms with Gasteiger partial charge in [-0.15, -0.1) is 0 Å². The molecule has 0 spiro atoms. The van der Waals surface area contributed by atoms with Crippen LogP contribution < -0.4 is 10.4 Å². The molecule has 1 fully saturated rings. The van der Waals surface area contributed by atoms with Crippen molar-refractivity contribution in [2.75, 3.05) is 6.61 Å². The largest absolute Gasteiger partial charge is 0.457 e. The van der Waals surface area contributed by atoms with E-state index in [0.717, 1.165) is 12.8 Å². The molecule has 1 unspecified atom stereocenters. The van der Waals surface area contributed by atoms with Gasteiger partial charge in [0.05, 0.1) is 6.61 Å². The third kappa shape index (κ3) is 4.02. The van der Waals surface area contributed by atoms with Crippen molar-refractivity contribution in [1.82, 2.24) is 0 Å². The van der Waals surface area contributed by atoms with Gasteiger partial charge in [0.1, 0.15) is 5.60 Å². The Labute approximate surface area is 163 Å². The summed E-state index contributed by atoms with van der Waals surface area (Å²) in [5.74, 6) is -0.116. The van der Waals surface area contributed by atoms with E-state index in [-0.39, 0.29) is 11.0 Å². The van der Waals surface area contributed by atoms with Crippen LogP contribution in [-0.4, -0.2) is 26.5 Å². The maximum absolute atomic E-state index is 11.9. The van der Waals surface area contributed by atoms with Gasteiger partial charge in [-0.1, -0.05) is 81.4 Å².